The van der Waals surface area contributed by atoms with Crippen molar-refractivity contribution in [1.82, 2.24) is 0 Å². The Bertz CT molecular complexity index is 374. The molecule has 2 atom stereocenters. The number of rotatable bonds is 1. The van der Waals surface area contributed by atoms with Gasteiger partial charge in [-0.3, -0.25) is 4.99 Å². The number of nitrogens with zero attached hydrogens (tertiary/aromatic N) is 1. The zero-order valence-corrected chi connectivity index (χ0v) is 10.5. The van der Waals surface area contributed by atoms with E-state index in [4.69, 9.17) is 11.6 Å². The number of hydrogen-bond donors (Lipinski definition) is 0. The molecule has 0 fully saturated rings. The number of benzene rings is 1. The first kappa shape index (κ1) is 12.5. The minimum Gasteiger partial charge on any atom is -0.284 e. The highest BCUT2D eigenvalue weighted by atomic mass is 35.5. The van der Waals surface area contributed by atoms with Gasteiger partial charge in [0.1, 0.15) is 0 Å². The van der Waals surface area contributed by atoms with Gasteiger partial charge in [-0.05, 0) is 12.5 Å². The van der Waals surface area contributed by atoms with Crippen LogP contribution in [0.15, 0.2) is 29.3 Å². The SMILES string of the molecule is C[C@H]1N=C(CCl)c2ccccc2[C@@H]1C.Cl. The third kappa shape index (κ3) is 2.19. The van der Waals surface area contributed by atoms with Gasteiger partial charge in [0.2, 0.25) is 0 Å². The highest BCUT2D eigenvalue weighted by Gasteiger charge is 2.23. The molecule has 0 aliphatic carbocycles. The standard InChI is InChI=1S/C12H14ClN.ClH/c1-8-9(2)14-12(7-13)11-6-4-3-5-10(8)11;/h3-6,8-9H,7H2,1-2H3;1H/t8-,9-;/m1./s1. The molecule has 1 heterocycles. The maximum atomic E-state index is 5.89. The summed E-state index contributed by atoms with van der Waals surface area (Å²) < 4.78 is 0. The summed E-state index contributed by atoms with van der Waals surface area (Å²) in [7, 11) is 0. The van der Waals surface area contributed by atoms with Crippen molar-refractivity contribution in [2.24, 2.45) is 4.99 Å². The van der Waals surface area contributed by atoms with E-state index in [0.717, 1.165) is 5.71 Å². The van der Waals surface area contributed by atoms with E-state index in [1.165, 1.54) is 11.1 Å². The van der Waals surface area contributed by atoms with Gasteiger partial charge in [0.25, 0.3) is 0 Å². The third-order valence-corrected chi connectivity index (χ3v) is 3.23. The van der Waals surface area contributed by atoms with E-state index in [-0.39, 0.29) is 12.4 Å². The summed E-state index contributed by atoms with van der Waals surface area (Å²) in [6.45, 7) is 4.37. The molecule has 82 valence electrons. The second kappa shape index (κ2) is 5.00. The van der Waals surface area contributed by atoms with Crippen LogP contribution in [0.5, 0.6) is 0 Å². The van der Waals surface area contributed by atoms with Crippen LogP contribution in [0.3, 0.4) is 0 Å². The van der Waals surface area contributed by atoms with Crippen LogP contribution in [0, 0.1) is 0 Å². The average molecular weight is 244 g/mol. The van der Waals surface area contributed by atoms with Gasteiger partial charge >= 0.3 is 0 Å². The van der Waals surface area contributed by atoms with E-state index in [9.17, 15) is 0 Å². The number of alkyl halides is 1. The van der Waals surface area contributed by atoms with Crippen molar-refractivity contribution in [3.63, 3.8) is 0 Å². The van der Waals surface area contributed by atoms with Crippen LogP contribution in [-0.2, 0) is 0 Å². The lowest BCUT2D eigenvalue weighted by Crippen LogP contribution is -2.23. The largest absolute Gasteiger partial charge is 0.284 e. The summed E-state index contributed by atoms with van der Waals surface area (Å²) in [6, 6.07) is 8.76. The first-order valence-electron chi connectivity index (χ1n) is 4.96. The fourth-order valence-corrected chi connectivity index (χ4v) is 2.16. The highest BCUT2D eigenvalue weighted by Crippen LogP contribution is 2.30. The lowest BCUT2D eigenvalue weighted by molar-refractivity contribution is 0.605. The molecule has 0 spiro atoms. The van der Waals surface area contributed by atoms with E-state index in [1.807, 2.05) is 6.07 Å². The van der Waals surface area contributed by atoms with Crippen LogP contribution in [0.1, 0.15) is 30.9 Å². The van der Waals surface area contributed by atoms with Crippen LogP contribution >= 0.6 is 24.0 Å². The van der Waals surface area contributed by atoms with Gasteiger partial charge < -0.3 is 0 Å². The molecule has 2 rings (SSSR count). The fraction of sp³-hybridized carbons (Fsp3) is 0.417. The second-order valence-electron chi connectivity index (χ2n) is 3.83. The molecule has 15 heavy (non-hydrogen) atoms. The Balaban J connectivity index is 0.00000112. The molecule has 0 saturated heterocycles. The quantitative estimate of drug-likeness (QED) is 0.669. The van der Waals surface area contributed by atoms with E-state index in [0.29, 0.717) is 17.8 Å². The Hall–Kier alpha value is -0.530. The normalized spacial score (nSPS) is 23.8. The number of halogens is 2. The maximum Gasteiger partial charge on any atom is 0.0649 e. The Kier molecular flexibility index (Phi) is 4.18. The summed E-state index contributed by atoms with van der Waals surface area (Å²) in [4.78, 5) is 4.61. The van der Waals surface area contributed by atoms with Gasteiger partial charge in [-0.15, -0.1) is 24.0 Å². The molecule has 1 aliphatic heterocycles. The Labute approximate surface area is 102 Å². The first-order chi connectivity index (χ1) is 6.74. The third-order valence-electron chi connectivity index (χ3n) is 2.97. The van der Waals surface area contributed by atoms with Crippen LogP contribution in [0.2, 0.25) is 0 Å². The van der Waals surface area contributed by atoms with Crippen LogP contribution < -0.4 is 0 Å². The molecule has 0 unspecified atom stereocenters. The van der Waals surface area contributed by atoms with Crippen molar-refractivity contribution in [1.29, 1.82) is 0 Å². The summed E-state index contributed by atoms with van der Waals surface area (Å²) in [5.41, 5.74) is 3.65. The summed E-state index contributed by atoms with van der Waals surface area (Å²) in [6.07, 6.45) is 0. The topological polar surface area (TPSA) is 12.4 Å². The van der Waals surface area contributed by atoms with Gasteiger partial charge in [-0.1, -0.05) is 31.2 Å². The molecule has 1 aliphatic rings. The zero-order valence-electron chi connectivity index (χ0n) is 8.90. The molecule has 0 bridgehead atoms. The van der Waals surface area contributed by atoms with E-state index in [2.05, 4.69) is 37.0 Å². The van der Waals surface area contributed by atoms with Crippen LogP contribution in [0.25, 0.3) is 0 Å². The molecular formula is C12H15Cl2N. The summed E-state index contributed by atoms with van der Waals surface area (Å²) in [5.74, 6) is 1.01. The van der Waals surface area contributed by atoms with Gasteiger partial charge in [-0.25, -0.2) is 0 Å². The second-order valence-corrected chi connectivity index (χ2v) is 4.09. The molecule has 0 saturated carbocycles. The summed E-state index contributed by atoms with van der Waals surface area (Å²) >= 11 is 5.89. The number of aliphatic imine (C=N–C) groups is 1. The van der Waals surface area contributed by atoms with Crippen LogP contribution in [-0.4, -0.2) is 17.6 Å². The Morgan fingerprint density at radius 1 is 1.27 bits per heavy atom. The monoisotopic (exact) mass is 243 g/mol. The van der Waals surface area contributed by atoms with Crippen molar-refractivity contribution < 1.29 is 0 Å². The molecule has 1 aromatic carbocycles. The van der Waals surface area contributed by atoms with Gasteiger partial charge in [0, 0.05) is 11.5 Å². The van der Waals surface area contributed by atoms with Crippen molar-refractivity contribution in [3.8, 4) is 0 Å². The molecule has 0 aromatic heterocycles. The molecule has 1 aromatic rings. The lowest BCUT2D eigenvalue weighted by atomic mass is 9.86. The Morgan fingerprint density at radius 2 is 1.93 bits per heavy atom. The van der Waals surface area contributed by atoms with Crippen LogP contribution in [0.4, 0.5) is 0 Å². The van der Waals surface area contributed by atoms with E-state index >= 15 is 0 Å². The fourth-order valence-electron chi connectivity index (χ4n) is 1.95. The molecule has 3 heteroatoms. The van der Waals surface area contributed by atoms with Gasteiger partial charge in [0.15, 0.2) is 0 Å². The molecule has 0 radical (unpaired) electrons. The predicted molar refractivity (Wildman–Crippen MR) is 68.8 cm³/mol. The van der Waals surface area contributed by atoms with Gasteiger partial charge in [-0.2, -0.15) is 0 Å². The smallest absolute Gasteiger partial charge is 0.0649 e. The number of fused-ring (bicyclic) bond motifs is 1. The van der Waals surface area contributed by atoms with E-state index in [1.54, 1.807) is 0 Å². The van der Waals surface area contributed by atoms with Crippen molar-refractivity contribution in [3.05, 3.63) is 35.4 Å². The van der Waals surface area contributed by atoms with E-state index < -0.39 is 0 Å². The molecule has 1 nitrogen and oxygen atoms in total. The van der Waals surface area contributed by atoms with Crippen molar-refractivity contribution >= 4 is 29.7 Å². The average Bonchev–Trinajstić information content (AvgIpc) is 2.23. The first-order valence-corrected chi connectivity index (χ1v) is 5.49. The van der Waals surface area contributed by atoms with Gasteiger partial charge in [0.05, 0.1) is 17.6 Å². The molecule has 0 N–H and O–H groups in total. The number of hydrogen-bond acceptors (Lipinski definition) is 1. The van der Waals surface area contributed by atoms with Crippen molar-refractivity contribution in [2.45, 2.75) is 25.8 Å². The Morgan fingerprint density at radius 3 is 2.60 bits per heavy atom. The minimum absolute atomic E-state index is 0. The van der Waals surface area contributed by atoms with Crippen molar-refractivity contribution in [2.75, 3.05) is 5.88 Å². The zero-order chi connectivity index (χ0) is 10.1. The molecule has 0 amide bonds. The highest BCUT2D eigenvalue weighted by molar-refractivity contribution is 6.32. The lowest BCUT2D eigenvalue weighted by Gasteiger charge is -2.26. The minimum atomic E-state index is 0. The maximum absolute atomic E-state index is 5.89. The summed E-state index contributed by atoms with van der Waals surface area (Å²) in [5, 5.41) is 0. The predicted octanol–water partition coefficient (Wildman–Crippen LogP) is 3.64. The molecular weight excluding hydrogens is 229 g/mol.